The van der Waals surface area contributed by atoms with E-state index in [2.05, 4.69) is 4.98 Å². The van der Waals surface area contributed by atoms with Crippen molar-refractivity contribution in [2.75, 3.05) is 12.4 Å². The fourth-order valence-electron chi connectivity index (χ4n) is 0.914. The lowest BCUT2D eigenvalue weighted by Gasteiger charge is -1.96. The molecule has 0 fully saturated rings. The second kappa shape index (κ2) is 7.06. The predicted octanol–water partition coefficient (Wildman–Crippen LogP) is 2.29. The quantitative estimate of drug-likeness (QED) is 0.436. The van der Waals surface area contributed by atoms with Gasteiger partial charge >= 0.3 is 5.97 Å². The summed E-state index contributed by atoms with van der Waals surface area (Å²) in [6.45, 7) is 2.21. The molecule has 4 heteroatoms. The average molecular weight is 223 g/mol. The molecule has 0 radical (unpaired) electrons. The van der Waals surface area contributed by atoms with Crippen molar-refractivity contribution in [2.45, 2.75) is 11.8 Å². The van der Waals surface area contributed by atoms with Gasteiger partial charge in [-0.3, -0.25) is 4.98 Å². The first kappa shape index (κ1) is 11.8. The van der Waals surface area contributed by atoms with E-state index in [-0.39, 0.29) is 5.97 Å². The largest absolute Gasteiger partial charge is 0.463 e. The summed E-state index contributed by atoms with van der Waals surface area (Å²) in [6.07, 6.45) is 6.75. The highest BCUT2D eigenvalue weighted by molar-refractivity contribution is 7.99. The number of rotatable bonds is 5. The van der Waals surface area contributed by atoms with Crippen LogP contribution >= 0.6 is 11.8 Å². The smallest absolute Gasteiger partial charge is 0.330 e. The Morgan fingerprint density at radius 2 is 2.27 bits per heavy atom. The lowest BCUT2D eigenvalue weighted by molar-refractivity contribution is -0.137. The molecule has 0 N–H and O–H groups in total. The summed E-state index contributed by atoms with van der Waals surface area (Å²) < 4.78 is 4.75. The fourth-order valence-corrected chi connectivity index (χ4v) is 1.61. The molecular weight excluding hydrogens is 210 g/mol. The van der Waals surface area contributed by atoms with E-state index in [0.717, 1.165) is 10.6 Å². The van der Waals surface area contributed by atoms with Gasteiger partial charge < -0.3 is 4.74 Å². The highest BCUT2D eigenvalue weighted by Crippen LogP contribution is 2.15. The van der Waals surface area contributed by atoms with Gasteiger partial charge in [-0.05, 0) is 19.1 Å². The van der Waals surface area contributed by atoms with Crippen molar-refractivity contribution < 1.29 is 9.53 Å². The zero-order chi connectivity index (χ0) is 10.9. The Kier molecular flexibility index (Phi) is 5.55. The monoisotopic (exact) mass is 223 g/mol. The van der Waals surface area contributed by atoms with Gasteiger partial charge in [-0.25, -0.2) is 4.79 Å². The van der Waals surface area contributed by atoms with Crippen LogP contribution in [0.5, 0.6) is 0 Å². The molecule has 1 heterocycles. The standard InChI is InChI=1S/C11H13NO2S/c1-2-14-11(13)4-3-9-15-10-5-7-12-8-6-10/h3-8H,2,9H2,1H3/b4-3+. The number of carbonyl (C=O) groups excluding carboxylic acids is 1. The Morgan fingerprint density at radius 3 is 2.93 bits per heavy atom. The lowest BCUT2D eigenvalue weighted by Crippen LogP contribution is -1.98. The Hall–Kier alpha value is -1.29. The van der Waals surface area contributed by atoms with Gasteiger partial charge in [-0.15, -0.1) is 11.8 Å². The first-order chi connectivity index (χ1) is 7.33. The van der Waals surface area contributed by atoms with Crippen molar-refractivity contribution in [3.05, 3.63) is 36.7 Å². The minimum Gasteiger partial charge on any atom is -0.463 e. The first-order valence-electron chi connectivity index (χ1n) is 4.69. The number of hydrogen-bond acceptors (Lipinski definition) is 4. The van der Waals surface area contributed by atoms with Crippen LogP contribution in [-0.4, -0.2) is 23.3 Å². The topological polar surface area (TPSA) is 39.2 Å². The SMILES string of the molecule is CCOC(=O)/C=C/CSc1ccncc1. The van der Waals surface area contributed by atoms with Crippen molar-refractivity contribution in [2.24, 2.45) is 0 Å². The third kappa shape index (κ3) is 5.22. The van der Waals surface area contributed by atoms with E-state index in [1.54, 1.807) is 37.2 Å². The number of pyridine rings is 1. The van der Waals surface area contributed by atoms with Crippen LogP contribution in [0, 0.1) is 0 Å². The third-order valence-corrected chi connectivity index (χ3v) is 2.50. The van der Waals surface area contributed by atoms with Crippen molar-refractivity contribution in [1.29, 1.82) is 0 Å². The second-order valence-corrected chi connectivity index (χ2v) is 3.74. The minimum absolute atomic E-state index is 0.284. The van der Waals surface area contributed by atoms with Crippen molar-refractivity contribution in [1.82, 2.24) is 4.98 Å². The number of thioether (sulfide) groups is 1. The van der Waals surface area contributed by atoms with Crippen LogP contribution in [0.4, 0.5) is 0 Å². The van der Waals surface area contributed by atoms with Crippen LogP contribution in [0.15, 0.2) is 41.6 Å². The number of hydrogen-bond donors (Lipinski definition) is 0. The molecule has 0 aliphatic rings. The molecule has 1 aromatic rings. The summed E-state index contributed by atoms with van der Waals surface area (Å²) in [5.41, 5.74) is 0. The Bertz CT molecular complexity index is 325. The molecule has 0 aromatic carbocycles. The molecule has 0 aliphatic carbocycles. The highest BCUT2D eigenvalue weighted by Gasteiger charge is 1.93. The van der Waals surface area contributed by atoms with Crippen LogP contribution in [0.2, 0.25) is 0 Å². The van der Waals surface area contributed by atoms with E-state index < -0.39 is 0 Å². The molecule has 80 valence electrons. The van der Waals surface area contributed by atoms with Gasteiger partial charge in [0.2, 0.25) is 0 Å². The van der Waals surface area contributed by atoms with Crippen molar-refractivity contribution in [3.8, 4) is 0 Å². The molecule has 1 aromatic heterocycles. The normalized spacial score (nSPS) is 10.5. The molecule has 3 nitrogen and oxygen atoms in total. The van der Waals surface area contributed by atoms with E-state index in [1.165, 1.54) is 6.08 Å². The summed E-state index contributed by atoms with van der Waals surface area (Å²) in [5.74, 6) is 0.468. The molecule has 0 unspecified atom stereocenters. The Labute approximate surface area is 93.5 Å². The number of ether oxygens (including phenoxy) is 1. The van der Waals surface area contributed by atoms with Gasteiger partial charge in [-0.2, -0.15) is 0 Å². The maximum Gasteiger partial charge on any atom is 0.330 e. The van der Waals surface area contributed by atoms with Gasteiger partial charge in [0.1, 0.15) is 0 Å². The Balaban J connectivity index is 2.24. The summed E-state index contributed by atoms with van der Waals surface area (Å²) in [5, 5.41) is 0. The van der Waals surface area contributed by atoms with Gasteiger partial charge in [0.05, 0.1) is 6.61 Å². The molecule has 15 heavy (non-hydrogen) atoms. The van der Waals surface area contributed by atoms with E-state index in [9.17, 15) is 4.79 Å². The van der Waals surface area contributed by atoms with Crippen LogP contribution in [0.3, 0.4) is 0 Å². The van der Waals surface area contributed by atoms with Gasteiger partial charge in [0.15, 0.2) is 0 Å². The van der Waals surface area contributed by atoms with Gasteiger partial charge in [0, 0.05) is 29.1 Å². The summed E-state index contributed by atoms with van der Waals surface area (Å²) >= 11 is 1.65. The average Bonchev–Trinajstić information content (AvgIpc) is 2.26. The summed E-state index contributed by atoms with van der Waals surface area (Å²) in [6, 6.07) is 3.87. The number of carbonyl (C=O) groups is 1. The second-order valence-electron chi connectivity index (χ2n) is 2.65. The molecule has 0 saturated heterocycles. The molecule has 0 saturated carbocycles. The maximum atomic E-state index is 10.9. The summed E-state index contributed by atoms with van der Waals surface area (Å²) in [7, 11) is 0. The molecule has 0 amide bonds. The first-order valence-corrected chi connectivity index (χ1v) is 5.67. The zero-order valence-corrected chi connectivity index (χ0v) is 9.37. The Morgan fingerprint density at radius 1 is 1.53 bits per heavy atom. The van der Waals surface area contributed by atoms with Gasteiger partial charge in [-0.1, -0.05) is 6.08 Å². The van der Waals surface area contributed by atoms with Crippen LogP contribution in [0.25, 0.3) is 0 Å². The lowest BCUT2D eigenvalue weighted by atomic mass is 10.5. The zero-order valence-electron chi connectivity index (χ0n) is 8.55. The third-order valence-electron chi connectivity index (χ3n) is 1.54. The van der Waals surface area contributed by atoms with Gasteiger partial charge in [0.25, 0.3) is 0 Å². The van der Waals surface area contributed by atoms with Crippen molar-refractivity contribution in [3.63, 3.8) is 0 Å². The number of esters is 1. The van der Waals surface area contributed by atoms with Crippen LogP contribution in [-0.2, 0) is 9.53 Å². The van der Waals surface area contributed by atoms with E-state index >= 15 is 0 Å². The maximum absolute atomic E-state index is 10.9. The fraction of sp³-hybridized carbons (Fsp3) is 0.273. The van der Waals surface area contributed by atoms with Crippen molar-refractivity contribution >= 4 is 17.7 Å². The van der Waals surface area contributed by atoms with Crippen LogP contribution < -0.4 is 0 Å². The molecule has 1 rings (SSSR count). The highest BCUT2D eigenvalue weighted by atomic mass is 32.2. The molecule has 0 aliphatic heterocycles. The molecule has 0 spiro atoms. The molecular formula is C11H13NO2S. The van der Waals surface area contributed by atoms with E-state index in [4.69, 9.17) is 4.74 Å². The number of aromatic nitrogens is 1. The van der Waals surface area contributed by atoms with Crippen LogP contribution in [0.1, 0.15) is 6.92 Å². The molecule has 0 atom stereocenters. The predicted molar refractivity (Wildman–Crippen MR) is 60.7 cm³/mol. The minimum atomic E-state index is -0.284. The van der Waals surface area contributed by atoms with E-state index in [0.29, 0.717) is 6.61 Å². The summed E-state index contributed by atoms with van der Waals surface area (Å²) in [4.78, 5) is 16.0. The molecule has 0 bridgehead atoms. The number of nitrogens with zero attached hydrogens (tertiary/aromatic N) is 1. The van der Waals surface area contributed by atoms with E-state index in [1.807, 2.05) is 12.1 Å².